The van der Waals surface area contributed by atoms with Crippen molar-refractivity contribution in [3.8, 4) is 0 Å². The minimum absolute atomic E-state index is 0.201. The van der Waals surface area contributed by atoms with Gasteiger partial charge >= 0.3 is 0 Å². The van der Waals surface area contributed by atoms with E-state index in [2.05, 4.69) is 31.1 Å². The van der Waals surface area contributed by atoms with E-state index in [1.165, 1.54) is 25.7 Å². The number of rotatable bonds is 14. The first-order chi connectivity index (χ1) is 25.1. The number of aromatic nitrogens is 2. The van der Waals surface area contributed by atoms with E-state index in [1.807, 2.05) is 0 Å². The van der Waals surface area contributed by atoms with Gasteiger partial charge in [0.1, 0.15) is 11.4 Å². The molecule has 2 aromatic heterocycles. The third-order valence-electron chi connectivity index (χ3n) is 9.63. The highest BCUT2D eigenvalue weighted by Crippen LogP contribution is 2.18. The zero-order chi connectivity index (χ0) is 36.6. The molecular weight excluding hydrogens is 660 g/mol. The van der Waals surface area contributed by atoms with Crippen LogP contribution < -0.4 is 21.3 Å². The Morgan fingerprint density at radius 3 is 1.23 bits per heavy atom. The SMILES string of the molecule is Cn1cc(NC(=O)c2ccc(C(=O)c3ccc(C(=O)Nc4cc(C(=O)NCCN5CCCC5)n(C)c4)cc3)cc2)cc1C(=O)NCCN1CCCC1. The van der Waals surface area contributed by atoms with Crippen molar-refractivity contribution in [2.45, 2.75) is 25.7 Å². The van der Waals surface area contributed by atoms with Crippen molar-refractivity contribution in [2.24, 2.45) is 14.1 Å². The maximum atomic E-state index is 13.2. The number of hydrogen-bond acceptors (Lipinski definition) is 7. The highest BCUT2D eigenvalue weighted by Gasteiger charge is 2.18. The van der Waals surface area contributed by atoms with Crippen LogP contribution in [0, 0.1) is 0 Å². The second kappa shape index (κ2) is 16.7. The maximum Gasteiger partial charge on any atom is 0.268 e. The Morgan fingerprint density at radius 2 is 0.865 bits per heavy atom. The molecule has 2 aliphatic rings. The van der Waals surface area contributed by atoms with Gasteiger partial charge in [-0.3, -0.25) is 24.0 Å². The van der Waals surface area contributed by atoms with E-state index in [0.717, 1.165) is 39.3 Å². The molecular formula is C39H46N8O5. The van der Waals surface area contributed by atoms with E-state index < -0.39 is 0 Å². The van der Waals surface area contributed by atoms with Crippen molar-refractivity contribution < 1.29 is 24.0 Å². The lowest BCUT2D eigenvalue weighted by molar-refractivity contribution is 0.0933. The van der Waals surface area contributed by atoms with Gasteiger partial charge < -0.3 is 40.2 Å². The number of carbonyl (C=O) groups excluding carboxylic acids is 5. The van der Waals surface area contributed by atoms with Crippen molar-refractivity contribution in [3.63, 3.8) is 0 Å². The molecule has 4 N–H and O–H groups in total. The van der Waals surface area contributed by atoms with Crippen LogP contribution in [0.4, 0.5) is 11.4 Å². The number of likely N-dealkylation sites (tertiary alicyclic amines) is 2. The molecule has 2 saturated heterocycles. The summed E-state index contributed by atoms with van der Waals surface area (Å²) in [7, 11) is 3.51. The molecule has 0 atom stereocenters. The number of anilines is 2. The first-order valence-corrected chi connectivity index (χ1v) is 17.9. The third kappa shape index (κ3) is 9.03. The number of benzene rings is 2. The number of nitrogens with zero attached hydrogens (tertiary/aromatic N) is 4. The largest absolute Gasteiger partial charge is 0.349 e. The van der Waals surface area contributed by atoms with Crippen molar-refractivity contribution >= 4 is 40.8 Å². The van der Waals surface area contributed by atoms with Crippen LogP contribution in [-0.4, -0.2) is 101 Å². The van der Waals surface area contributed by atoms with Gasteiger partial charge in [-0.1, -0.05) is 24.3 Å². The molecule has 272 valence electrons. The molecule has 0 aliphatic carbocycles. The van der Waals surface area contributed by atoms with Crippen molar-refractivity contribution in [1.29, 1.82) is 0 Å². The number of ketones is 1. The Kier molecular flexibility index (Phi) is 11.6. The summed E-state index contributed by atoms with van der Waals surface area (Å²) in [5.41, 5.74) is 3.34. The molecule has 13 heteroatoms. The lowest BCUT2D eigenvalue weighted by Crippen LogP contribution is -2.34. The summed E-state index contributed by atoms with van der Waals surface area (Å²) in [6, 6.07) is 15.9. The summed E-state index contributed by atoms with van der Waals surface area (Å²) in [6.45, 7) is 7.03. The fraction of sp³-hybridized carbons (Fsp3) is 0.359. The monoisotopic (exact) mass is 706 g/mol. The molecule has 2 aromatic carbocycles. The van der Waals surface area contributed by atoms with Crippen LogP contribution in [0.5, 0.6) is 0 Å². The lowest BCUT2D eigenvalue weighted by atomic mass is 10.0. The second-order valence-electron chi connectivity index (χ2n) is 13.5. The molecule has 0 unspecified atom stereocenters. The van der Waals surface area contributed by atoms with Crippen LogP contribution in [0.25, 0.3) is 0 Å². The Bertz CT molecular complexity index is 1780. The van der Waals surface area contributed by atoms with Crippen LogP contribution >= 0.6 is 0 Å². The Labute approximate surface area is 303 Å². The Balaban J connectivity index is 0.984. The van der Waals surface area contributed by atoms with Gasteiger partial charge in [-0.2, -0.15) is 0 Å². The van der Waals surface area contributed by atoms with E-state index in [9.17, 15) is 24.0 Å². The summed E-state index contributed by atoms with van der Waals surface area (Å²) < 4.78 is 3.35. The van der Waals surface area contributed by atoms with E-state index in [4.69, 9.17) is 0 Å². The number of amides is 4. The van der Waals surface area contributed by atoms with Gasteiger partial charge in [-0.25, -0.2) is 0 Å². The molecule has 2 fully saturated rings. The molecule has 0 bridgehead atoms. The van der Waals surface area contributed by atoms with E-state index in [-0.39, 0.29) is 29.4 Å². The predicted octanol–water partition coefficient (Wildman–Crippen LogP) is 3.75. The van der Waals surface area contributed by atoms with Gasteiger partial charge in [0.25, 0.3) is 23.6 Å². The lowest BCUT2D eigenvalue weighted by Gasteiger charge is -2.14. The molecule has 0 spiro atoms. The fourth-order valence-corrected chi connectivity index (χ4v) is 6.69. The van der Waals surface area contributed by atoms with E-state index in [1.54, 1.807) is 96.3 Å². The normalized spacial score (nSPS) is 14.7. The summed E-state index contributed by atoms with van der Waals surface area (Å²) in [6.07, 6.45) is 8.16. The minimum Gasteiger partial charge on any atom is -0.349 e. The summed E-state index contributed by atoms with van der Waals surface area (Å²) >= 11 is 0. The number of carbonyl (C=O) groups is 5. The van der Waals surface area contributed by atoms with Gasteiger partial charge in [0.15, 0.2) is 5.78 Å². The molecule has 2 aliphatic heterocycles. The van der Waals surface area contributed by atoms with Crippen LogP contribution in [0.15, 0.2) is 73.1 Å². The number of aryl methyl sites for hydroxylation is 2. The molecule has 0 radical (unpaired) electrons. The molecule has 4 heterocycles. The van der Waals surface area contributed by atoms with Crippen LogP contribution in [0.3, 0.4) is 0 Å². The van der Waals surface area contributed by atoms with Gasteiger partial charge in [0, 0.05) is 74.9 Å². The average Bonchev–Trinajstić information content (AvgIpc) is 3.98. The smallest absolute Gasteiger partial charge is 0.268 e. The standard InChI is InChI=1S/C39H46N8O5/c1-44-25-31(23-33(44)38(51)40-15-21-46-17-3-4-18-46)42-36(49)29-11-7-27(8-12-29)35(48)28-9-13-30(14-10-28)37(50)43-32-24-34(45(2)26-32)39(52)41-16-22-47-19-5-6-20-47/h7-14,23-26H,3-6,15-22H2,1-2H3,(H,40,51)(H,41,52)(H,42,49)(H,43,50). The van der Waals surface area contributed by atoms with Crippen LogP contribution in [-0.2, 0) is 14.1 Å². The van der Waals surface area contributed by atoms with Gasteiger partial charge in [0.05, 0.1) is 11.4 Å². The van der Waals surface area contributed by atoms with E-state index in [0.29, 0.717) is 58.1 Å². The fourth-order valence-electron chi connectivity index (χ4n) is 6.69. The predicted molar refractivity (Wildman–Crippen MR) is 199 cm³/mol. The highest BCUT2D eigenvalue weighted by molar-refractivity contribution is 6.11. The van der Waals surface area contributed by atoms with Crippen molar-refractivity contribution in [3.05, 3.63) is 107 Å². The Morgan fingerprint density at radius 1 is 0.519 bits per heavy atom. The first-order valence-electron chi connectivity index (χ1n) is 17.9. The third-order valence-corrected chi connectivity index (χ3v) is 9.63. The second-order valence-corrected chi connectivity index (χ2v) is 13.5. The van der Waals surface area contributed by atoms with Crippen LogP contribution in [0.2, 0.25) is 0 Å². The molecule has 0 saturated carbocycles. The maximum absolute atomic E-state index is 13.2. The minimum atomic E-state index is -0.371. The number of hydrogen-bond donors (Lipinski definition) is 4. The van der Waals surface area contributed by atoms with Gasteiger partial charge in [-0.15, -0.1) is 0 Å². The summed E-state index contributed by atoms with van der Waals surface area (Å²) in [5.74, 6) is -1.40. The molecule has 4 aromatic rings. The van der Waals surface area contributed by atoms with Crippen LogP contribution in [0.1, 0.15) is 83.3 Å². The van der Waals surface area contributed by atoms with Gasteiger partial charge in [-0.05, 0) is 88.3 Å². The zero-order valence-corrected chi connectivity index (χ0v) is 29.7. The molecule has 4 amide bonds. The topological polar surface area (TPSA) is 150 Å². The molecule has 13 nitrogen and oxygen atoms in total. The Hall–Kier alpha value is -5.53. The highest BCUT2D eigenvalue weighted by atomic mass is 16.2. The van der Waals surface area contributed by atoms with Crippen molar-refractivity contribution in [1.82, 2.24) is 29.6 Å². The zero-order valence-electron chi connectivity index (χ0n) is 29.7. The number of nitrogens with one attached hydrogen (secondary N) is 4. The first kappa shape index (κ1) is 36.3. The van der Waals surface area contributed by atoms with Gasteiger partial charge in [0.2, 0.25) is 0 Å². The average molecular weight is 707 g/mol. The van der Waals surface area contributed by atoms with Crippen molar-refractivity contribution in [2.75, 3.05) is 63.0 Å². The summed E-state index contributed by atoms with van der Waals surface area (Å²) in [5, 5.41) is 11.5. The van der Waals surface area contributed by atoms with E-state index >= 15 is 0 Å². The molecule has 52 heavy (non-hydrogen) atoms. The quantitative estimate of drug-likeness (QED) is 0.146. The summed E-state index contributed by atoms with van der Waals surface area (Å²) in [4.78, 5) is 69.2. The molecule has 6 rings (SSSR count).